The van der Waals surface area contributed by atoms with Crippen LogP contribution in [0.25, 0.3) is 5.69 Å². The summed E-state index contributed by atoms with van der Waals surface area (Å²) < 4.78 is 7.23. The van der Waals surface area contributed by atoms with E-state index < -0.39 is 0 Å². The highest BCUT2D eigenvalue weighted by Gasteiger charge is 2.12. The third-order valence-corrected chi connectivity index (χ3v) is 3.32. The van der Waals surface area contributed by atoms with E-state index in [0.717, 1.165) is 11.3 Å². The molecule has 1 aromatic carbocycles. The Morgan fingerprint density at radius 2 is 2.09 bits per heavy atom. The second-order valence-electron chi connectivity index (χ2n) is 6.15. The van der Waals surface area contributed by atoms with Gasteiger partial charge in [0, 0.05) is 18.2 Å². The first-order valence-corrected chi connectivity index (χ1v) is 7.81. The SMILES string of the molecule is Cc1cc(C(=O)NC(C)COCC(C)C)ccc1-n1cncn1. The maximum atomic E-state index is 12.3. The molecule has 0 aliphatic carbocycles. The van der Waals surface area contributed by atoms with E-state index in [9.17, 15) is 4.79 Å². The van der Waals surface area contributed by atoms with Gasteiger partial charge in [-0.25, -0.2) is 9.67 Å². The summed E-state index contributed by atoms with van der Waals surface area (Å²) in [5, 5.41) is 7.06. The highest BCUT2D eigenvalue weighted by atomic mass is 16.5. The van der Waals surface area contributed by atoms with E-state index in [2.05, 4.69) is 29.2 Å². The number of nitrogens with zero attached hydrogens (tertiary/aromatic N) is 3. The van der Waals surface area contributed by atoms with Crippen LogP contribution in [0.15, 0.2) is 30.9 Å². The van der Waals surface area contributed by atoms with E-state index in [0.29, 0.717) is 24.7 Å². The molecule has 1 heterocycles. The average molecular weight is 316 g/mol. The molecule has 0 fully saturated rings. The lowest BCUT2D eigenvalue weighted by Crippen LogP contribution is -2.36. The van der Waals surface area contributed by atoms with E-state index in [1.54, 1.807) is 17.1 Å². The number of carbonyl (C=O) groups excluding carboxylic acids is 1. The fraction of sp³-hybridized carbons (Fsp3) is 0.471. The van der Waals surface area contributed by atoms with Gasteiger partial charge in [0.05, 0.1) is 12.3 Å². The first kappa shape index (κ1) is 17.1. The fourth-order valence-electron chi connectivity index (χ4n) is 2.22. The molecule has 0 aliphatic heterocycles. The summed E-state index contributed by atoms with van der Waals surface area (Å²) in [5.74, 6) is 0.392. The highest BCUT2D eigenvalue weighted by molar-refractivity contribution is 5.94. The quantitative estimate of drug-likeness (QED) is 0.851. The summed E-state index contributed by atoms with van der Waals surface area (Å²) in [6.45, 7) is 9.30. The number of nitrogens with one attached hydrogen (secondary N) is 1. The summed E-state index contributed by atoms with van der Waals surface area (Å²) in [5.41, 5.74) is 2.50. The minimum Gasteiger partial charge on any atom is -0.379 e. The normalized spacial score (nSPS) is 12.4. The Labute approximate surface area is 136 Å². The summed E-state index contributed by atoms with van der Waals surface area (Å²) in [7, 11) is 0. The zero-order valence-corrected chi connectivity index (χ0v) is 14.1. The number of benzene rings is 1. The second-order valence-corrected chi connectivity index (χ2v) is 6.15. The number of hydrogen-bond acceptors (Lipinski definition) is 4. The van der Waals surface area contributed by atoms with Gasteiger partial charge in [-0.2, -0.15) is 5.10 Å². The van der Waals surface area contributed by atoms with Crippen molar-refractivity contribution in [2.24, 2.45) is 5.92 Å². The van der Waals surface area contributed by atoms with E-state index in [4.69, 9.17) is 4.74 Å². The van der Waals surface area contributed by atoms with Crippen LogP contribution >= 0.6 is 0 Å². The monoisotopic (exact) mass is 316 g/mol. The molecule has 0 aliphatic rings. The molecule has 0 saturated heterocycles. The number of ether oxygens (including phenoxy) is 1. The lowest BCUT2D eigenvalue weighted by atomic mass is 10.1. The van der Waals surface area contributed by atoms with Gasteiger partial charge in [-0.05, 0) is 43.5 Å². The van der Waals surface area contributed by atoms with Crippen molar-refractivity contribution in [2.45, 2.75) is 33.7 Å². The molecule has 1 unspecified atom stereocenters. The van der Waals surface area contributed by atoms with Crippen LogP contribution in [0.2, 0.25) is 0 Å². The topological polar surface area (TPSA) is 69.0 Å². The van der Waals surface area contributed by atoms with E-state index in [1.807, 2.05) is 26.0 Å². The van der Waals surface area contributed by atoms with Gasteiger partial charge in [0.1, 0.15) is 12.7 Å². The fourth-order valence-corrected chi connectivity index (χ4v) is 2.22. The van der Waals surface area contributed by atoms with Crippen molar-refractivity contribution >= 4 is 5.91 Å². The smallest absolute Gasteiger partial charge is 0.251 e. The standard InChI is InChI=1S/C17H24N4O2/c1-12(2)8-23-9-14(4)20-17(22)15-5-6-16(13(3)7-15)21-11-18-10-19-21/h5-7,10-12,14H,8-9H2,1-4H3,(H,20,22). The van der Waals surface area contributed by atoms with Crippen LogP contribution in [0.5, 0.6) is 0 Å². The van der Waals surface area contributed by atoms with Crippen molar-refractivity contribution in [1.29, 1.82) is 0 Å². The Bertz CT molecular complexity index is 638. The van der Waals surface area contributed by atoms with Crippen molar-refractivity contribution in [3.05, 3.63) is 42.0 Å². The first-order valence-electron chi connectivity index (χ1n) is 7.81. The third-order valence-electron chi connectivity index (χ3n) is 3.32. The molecule has 0 spiro atoms. The lowest BCUT2D eigenvalue weighted by Gasteiger charge is -2.16. The molecule has 2 rings (SSSR count). The predicted octanol–water partition coefficient (Wildman–Crippen LogP) is 2.37. The number of aromatic nitrogens is 3. The molecule has 6 nitrogen and oxygen atoms in total. The minimum atomic E-state index is -0.0983. The molecular weight excluding hydrogens is 292 g/mol. The second kappa shape index (κ2) is 7.87. The average Bonchev–Trinajstić information content (AvgIpc) is 3.00. The molecule has 23 heavy (non-hydrogen) atoms. The van der Waals surface area contributed by atoms with Crippen LogP contribution in [-0.4, -0.2) is 39.9 Å². The largest absolute Gasteiger partial charge is 0.379 e. The molecule has 0 saturated carbocycles. The lowest BCUT2D eigenvalue weighted by molar-refractivity contribution is 0.0791. The summed E-state index contributed by atoms with van der Waals surface area (Å²) in [6.07, 6.45) is 3.12. The zero-order chi connectivity index (χ0) is 16.8. The van der Waals surface area contributed by atoms with Gasteiger partial charge < -0.3 is 10.1 Å². The van der Waals surface area contributed by atoms with E-state index in [1.165, 1.54) is 6.33 Å². The van der Waals surface area contributed by atoms with Gasteiger partial charge in [0.2, 0.25) is 0 Å². The number of aryl methyl sites for hydroxylation is 1. The predicted molar refractivity (Wildman–Crippen MR) is 88.7 cm³/mol. The Morgan fingerprint density at radius 1 is 1.30 bits per heavy atom. The molecule has 1 amide bonds. The molecule has 1 aromatic heterocycles. The van der Waals surface area contributed by atoms with Crippen molar-refractivity contribution in [3.8, 4) is 5.69 Å². The Morgan fingerprint density at radius 3 is 2.70 bits per heavy atom. The van der Waals surface area contributed by atoms with Crippen molar-refractivity contribution in [2.75, 3.05) is 13.2 Å². The van der Waals surface area contributed by atoms with Gasteiger partial charge in [0.25, 0.3) is 5.91 Å². The summed E-state index contributed by atoms with van der Waals surface area (Å²) in [6, 6.07) is 5.49. The molecule has 0 bridgehead atoms. The number of hydrogen-bond donors (Lipinski definition) is 1. The van der Waals surface area contributed by atoms with Gasteiger partial charge in [-0.3, -0.25) is 4.79 Å². The molecule has 124 valence electrons. The number of amides is 1. The van der Waals surface area contributed by atoms with Crippen molar-refractivity contribution < 1.29 is 9.53 Å². The zero-order valence-electron chi connectivity index (χ0n) is 14.1. The van der Waals surface area contributed by atoms with Crippen LogP contribution < -0.4 is 5.32 Å². The Kier molecular flexibility index (Phi) is 5.87. The van der Waals surface area contributed by atoms with E-state index >= 15 is 0 Å². The van der Waals surface area contributed by atoms with Crippen LogP contribution in [0.1, 0.15) is 36.7 Å². The maximum Gasteiger partial charge on any atom is 0.251 e. The molecule has 1 N–H and O–H groups in total. The molecule has 0 radical (unpaired) electrons. The van der Waals surface area contributed by atoms with Crippen LogP contribution in [0, 0.1) is 12.8 Å². The minimum absolute atomic E-state index is 0.0310. The van der Waals surface area contributed by atoms with Gasteiger partial charge in [-0.1, -0.05) is 13.8 Å². The first-order chi connectivity index (χ1) is 11.0. The molecule has 6 heteroatoms. The van der Waals surface area contributed by atoms with Gasteiger partial charge in [-0.15, -0.1) is 0 Å². The third kappa shape index (κ3) is 4.89. The van der Waals surface area contributed by atoms with Crippen molar-refractivity contribution in [1.82, 2.24) is 20.1 Å². The Hall–Kier alpha value is -2.21. The van der Waals surface area contributed by atoms with E-state index in [-0.39, 0.29) is 11.9 Å². The number of rotatable bonds is 7. The van der Waals surface area contributed by atoms with Crippen molar-refractivity contribution in [3.63, 3.8) is 0 Å². The molecule has 1 atom stereocenters. The molecule has 2 aromatic rings. The highest BCUT2D eigenvalue weighted by Crippen LogP contribution is 2.14. The van der Waals surface area contributed by atoms with Crippen LogP contribution in [0.3, 0.4) is 0 Å². The summed E-state index contributed by atoms with van der Waals surface area (Å²) >= 11 is 0. The summed E-state index contributed by atoms with van der Waals surface area (Å²) in [4.78, 5) is 16.2. The Balaban J connectivity index is 1.96. The molecular formula is C17H24N4O2. The maximum absolute atomic E-state index is 12.3. The number of carbonyl (C=O) groups is 1. The van der Waals surface area contributed by atoms with Crippen LogP contribution in [0.4, 0.5) is 0 Å². The van der Waals surface area contributed by atoms with Crippen LogP contribution in [-0.2, 0) is 4.74 Å². The van der Waals surface area contributed by atoms with Gasteiger partial charge in [0.15, 0.2) is 0 Å². The van der Waals surface area contributed by atoms with Gasteiger partial charge >= 0.3 is 0 Å².